The van der Waals surface area contributed by atoms with Gasteiger partial charge in [0.2, 0.25) is 15.6 Å². The molecule has 0 radical (unpaired) electrons. The van der Waals surface area contributed by atoms with Gasteiger partial charge in [-0.25, -0.2) is 8.42 Å². The summed E-state index contributed by atoms with van der Waals surface area (Å²) in [5.41, 5.74) is 0.745. The minimum Gasteiger partial charge on any atom is -0.467 e. The lowest BCUT2D eigenvalue weighted by Crippen LogP contribution is -2.40. The maximum absolute atomic E-state index is 13.5. The zero-order valence-corrected chi connectivity index (χ0v) is 19.5. The summed E-state index contributed by atoms with van der Waals surface area (Å²) in [6.07, 6.45) is 1.52. The molecule has 35 heavy (non-hydrogen) atoms. The largest absolute Gasteiger partial charge is 0.467 e. The SMILES string of the molecule is O=C(NC(c1ccccc1)c1ccco1)c1cc(=O)[nH]c2ccc(S(=O)(=O)N3CCOCC3)cc12. The zero-order valence-electron chi connectivity index (χ0n) is 18.6. The van der Waals surface area contributed by atoms with Gasteiger partial charge in [0.05, 0.1) is 29.9 Å². The van der Waals surface area contributed by atoms with E-state index in [2.05, 4.69) is 10.3 Å². The van der Waals surface area contributed by atoms with Crippen LogP contribution in [0.25, 0.3) is 10.9 Å². The van der Waals surface area contributed by atoms with Crippen molar-refractivity contribution in [3.05, 3.63) is 100 Å². The van der Waals surface area contributed by atoms with Crippen molar-refractivity contribution in [1.82, 2.24) is 14.6 Å². The summed E-state index contributed by atoms with van der Waals surface area (Å²) in [6, 6.07) is 17.7. The van der Waals surface area contributed by atoms with Gasteiger partial charge in [-0.15, -0.1) is 0 Å². The molecule has 2 aromatic carbocycles. The second-order valence-corrected chi connectivity index (χ2v) is 10.0. The van der Waals surface area contributed by atoms with Gasteiger partial charge in [-0.3, -0.25) is 9.59 Å². The van der Waals surface area contributed by atoms with Gasteiger partial charge in [-0.05, 0) is 35.9 Å². The molecule has 1 unspecified atom stereocenters. The van der Waals surface area contributed by atoms with Crippen molar-refractivity contribution < 1.29 is 22.4 Å². The number of ether oxygens (including phenoxy) is 1. The molecular formula is C25H23N3O6S. The lowest BCUT2D eigenvalue weighted by molar-refractivity contribution is 0.0730. The van der Waals surface area contributed by atoms with Crippen molar-refractivity contribution in [2.24, 2.45) is 0 Å². The molecule has 1 fully saturated rings. The second kappa shape index (κ2) is 9.49. The molecule has 0 saturated carbocycles. The number of rotatable bonds is 6. The molecular weight excluding hydrogens is 470 g/mol. The molecule has 1 amide bonds. The molecule has 9 nitrogen and oxygen atoms in total. The van der Waals surface area contributed by atoms with Crippen molar-refractivity contribution in [2.45, 2.75) is 10.9 Å². The quantitative estimate of drug-likeness (QED) is 0.426. The minimum absolute atomic E-state index is 0.0404. The van der Waals surface area contributed by atoms with Crippen LogP contribution < -0.4 is 10.9 Å². The third-order valence-corrected chi connectivity index (χ3v) is 7.80. The zero-order chi connectivity index (χ0) is 24.4. The third-order valence-electron chi connectivity index (χ3n) is 5.90. The number of hydrogen-bond acceptors (Lipinski definition) is 6. The van der Waals surface area contributed by atoms with E-state index in [9.17, 15) is 18.0 Å². The number of hydrogen-bond donors (Lipinski definition) is 2. The van der Waals surface area contributed by atoms with Crippen molar-refractivity contribution >= 4 is 26.8 Å². The lowest BCUT2D eigenvalue weighted by atomic mass is 10.0. The summed E-state index contributed by atoms with van der Waals surface area (Å²) in [4.78, 5) is 28.5. The van der Waals surface area contributed by atoms with E-state index in [0.29, 0.717) is 29.9 Å². The highest BCUT2D eigenvalue weighted by Crippen LogP contribution is 2.26. The summed E-state index contributed by atoms with van der Waals surface area (Å²) < 4.78 is 38.5. The Morgan fingerprint density at radius 3 is 2.49 bits per heavy atom. The summed E-state index contributed by atoms with van der Waals surface area (Å²) in [7, 11) is -3.79. The van der Waals surface area contributed by atoms with E-state index < -0.39 is 27.5 Å². The Hall–Kier alpha value is -3.73. The Balaban J connectivity index is 1.55. The third kappa shape index (κ3) is 4.63. The van der Waals surface area contributed by atoms with Gasteiger partial charge < -0.3 is 19.5 Å². The van der Waals surface area contributed by atoms with Crippen molar-refractivity contribution in [3.63, 3.8) is 0 Å². The molecule has 3 heterocycles. The van der Waals surface area contributed by atoms with E-state index in [1.54, 1.807) is 12.1 Å². The second-order valence-electron chi connectivity index (χ2n) is 8.10. The van der Waals surface area contributed by atoms with E-state index in [0.717, 1.165) is 5.56 Å². The first-order valence-electron chi connectivity index (χ1n) is 11.1. The highest BCUT2D eigenvalue weighted by molar-refractivity contribution is 7.89. The van der Waals surface area contributed by atoms with Crippen LogP contribution >= 0.6 is 0 Å². The topological polar surface area (TPSA) is 122 Å². The number of sulfonamides is 1. The first-order chi connectivity index (χ1) is 16.9. The van der Waals surface area contributed by atoms with Crippen LogP contribution in [0.5, 0.6) is 0 Å². The number of fused-ring (bicyclic) bond motifs is 1. The van der Waals surface area contributed by atoms with Crippen LogP contribution in [0.1, 0.15) is 27.7 Å². The number of morpholine rings is 1. The Morgan fingerprint density at radius 2 is 1.77 bits per heavy atom. The van der Waals surface area contributed by atoms with Gasteiger partial charge in [0, 0.05) is 30.1 Å². The molecule has 1 aliphatic heterocycles. The number of pyridine rings is 1. The maximum Gasteiger partial charge on any atom is 0.253 e. The molecule has 1 aliphatic rings. The number of aromatic amines is 1. The smallest absolute Gasteiger partial charge is 0.253 e. The number of H-pyrrole nitrogens is 1. The number of carbonyl (C=O) groups is 1. The minimum atomic E-state index is -3.79. The van der Waals surface area contributed by atoms with Crippen LogP contribution in [0.2, 0.25) is 0 Å². The summed E-state index contributed by atoms with van der Waals surface area (Å²) in [5, 5.41) is 3.25. The Labute approximate surface area is 201 Å². The van der Waals surface area contributed by atoms with Crippen molar-refractivity contribution in [1.29, 1.82) is 0 Å². The van der Waals surface area contributed by atoms with E-state index in [4.69, 9.17) is 9.15 Å². The van der Waals surface area contributed by atoms with Crippen LogP contribution in [0.4, 0.5) is 0 Å². The predicted molar refractivity (Wildman–Crippen MR) is 129 cm³/mol. The Kier molecular flexibility index (Phi) is 6.25. The van der Waals surface area contributed by atoms with Crippen LogP contribution in [0.15, 0.2) is 87.1 Å². The molecule has 4 aromatic rings. The Morgan fingerprint density at radius 1 is 1.00 bits per heavy atom. The molecule has 0 bridgehead atoms. The fraction of sp³-hybridized carbons (Fsp3) is 0.200. The molecule has 10 heteroatoms. The maximum atomic E-state index is 13.5. The molecule has 0 aliphatic carbocycles. The van der Waals surface area contributed by atoms with Gasteiger partial charge >= 0.3 is 0 Å². The van der Waals surface area contributed by atoms with E-state index in [-0.39, 0.29) is 23.5 Å². The fourth-order valence-electron chi connectivity index (χ4n) is 4.15. The van der Waals surface area contributed by atoms with Gasteiger partial charge in [-0.1, -0.05) is 30.3 Å². The van der Waals surface area contributed by atoms with Crippen LogP contribution in [-0.4, -0.2) is 49.9 Å². The number of nitrogens with one attached hydrogen (secondary N) is 2. The summed E-state index contributed by atoms with van der Waals surface area (Å²) in [6.45, 7) is 1.14. The van der Waals surface area contributed by atoms with Gasteiger partial charge in [-0.2, -0.15) is 4.31 Å². The van der Waals surface area contributed by atoms with Crippen molar-refractivity contribution in [3.8, 4) is 0 Å². The van der Waals surface area contributed by atoms with Crippen molar-refractivity contribution in [2.75, 3.05) is 26.3 Å². The number of furan rings is 1. The average molecular weight is 494 g/mol. The fourth-order valence-corrected chi connectivity index (χ4v) is 5.58. The molecule has 180 valence electrons. The van der Waals surface area contributed by atoms with Crippen LogP contribution in [-0.2, 0) is 14.8 Å². The normalized spacial score (nSPS) is 15.7. The van der Waals surface area contributed by atoms with E-state index in [1.165, 1.54) is 34.8 Å². The Bertz CT molecular complexity index is 1510. The van der Waals surface area contributed by atoms with Gasteiger partial charge in [0.25, 0.3) is 5.91 Å². The molecule has 2 N–H and O–H groups in total. The molecule has 0 spiro atoms. The lowest BCUT2D eigenvalue weighted by Gasteiger charge is -2.26. The number of carbonyl (C=O) groups excluding carboxylic acids is 1. The van der Waals surface area contributed by atoms with E-state index >= 15 is 0 Å². The molecule has 5 rings (SSSR count). The average Bonchev–Trinajstić information content (AvgIpc) is 3.42. The highest BCUT2D eigenvalue weighted by atomic mass is 32.2. The monoisotopic (exact) mass is 493 g/mol. The molecule has 1 atom stereocenters. The molecule has 1 saturated heterocycles. The highest BCUT2D eigenvalue weighted by Gasteiger charge is 2.28. The number of aromatic nitrogens is 1. The number of amides is 1. The van der Waals surface area contributed by atoms with Crippen LogP contribution in [0, 0.1) is 0 Å². The van der Waals surface area contributed by atoms with Gasteiger partial charge in [0.1, 0.15) is 11.8 Å². The first-order valence-corrected chi connectivity index (χ1v) is 12.5. The van der Waals surface area contributed by atoms with Crippen LogP contribution in [0.3, 0.4) is 0 Å². The van der Waals surface area contributed by atoms with E-state index in [1.807, 2.05) is 30.3 Å². The first kappa shape index (κ1) is 23.0. The number of benzene rings is 2. The molecule has 2 aromatic heterocycles. The summed E-state index contributed by atoms with van der Waals surface area (Å²) in [5.74, 6) is -0.0125. The standard InChI is InChI=1S/C25H23N3O6S/c29-23-16-20(25(30)27-24(22-7-4-12-34-22)17-5-2-1-3-6-17)19-15-18(8-9-21(19)26-23)35(31,32)28-10-13-33-14-11-28/h1-9,12,15-16,24H,10-11,13-14H2,(H,26,29)(H,27,30). The number of nitrogens with zero attached hydrogens (tertiary/aromatic N) is 1. The predicted octanol–water partition coefficient (Wildman–Crippen LogP) is 2.66. The van der Waals surface area contributed by atoms with Gasteiger partial charge in [0.15, 0.2) is 0 Å². The summed E-state index contributed by atoms with van der Waals surface area (Å²) >= 11 is 0.